The molecule has 0 radical (unpaired) electrons. The average molecular weight is 304 g/mol. The zero-order valence-corrected chi connectivity index (χ0v) is 12.3. The lowest BCUT2D eigenvalue weighted by molar-refractivity contribution is 0.0693. The van der Waals surface area contributed by atoms with Crippen LogP contribution in [0.3, 0.4) is 0 Å². The Morgan fingerprint density at radius 2 is 2.14 bits per heavy atom. The van der Waals surface area contributed by atoms with Crippen molar-refractivity contribution in [3.05, 3.63) is 51.7 Å². The number of nitrogens with zero attached hydrogens (tertiary/aromatic N) is 1. The van der Waals surface area contributed by atoms with Crippen molar-refractivity contribution in [3.8, 4) is 11.6 Å². The molecule has 21 heavy (non-hydrogen) atoms. The third-order valence-corrected chi connectivity index (χ3v) is 3.82. The van der Waals surface area contributed by atoms with E-state index in [0.29, 0.717) is 10.8 Å². The molecule has 1 N–H and O–H groups in total. The lowest BCUT2D eigenvalue weighted by atomic mass is 10.1. The molecule has 1 heterocycles. The Morgan fingerprint density at radius 1 is 1.33 bits per heavy atom. The summed E-state index contributed by atoms with van der Waals surface area (Å²) >= 11 is 5.91. The highest BCUT2D eigenvalue weighted by Gasteiger charge is 2.21. The lowest BCUT2D eigenvalue weighted by Gasteiger charge is -2.12. The Kier molecular flexibility index (Phi) is 3.55. The number of aromatic nitrogens is 1. The van der Waals surface area contributed by atoms with Gasteiger partial charge in [0.25, 0.3) is 0 Å². The third-order valence-electron chi connectivity index (χ3n) is 3.59. The fourth-order valence-corrected chi connectivity index (χ4v) is 2.74. The molecule has 0 saturated carbocycles. The van der Waals surface area contributed by atoms with E-state index in [4.69, 9.17) is 16.3 Å². The Morgan fingerprint density at radius 3 is 2.86 bits per heavy atom. The fraction of sp³-hybridized carbons (Fsp3) is 0.250. The van der Waals surface area contributed by atoms with Crippen LogP contribution in [0.4, 0.5) is 0 Å². The molecule has 4 nitrogen and oxygen atoms in total. The molecule has 0 unspecified atom stereocenters. The van der Waals surface area contributed by atoms with E-state index < -0.39 is 5.97 Å². The van der Waals surface area contributed by atoms with Crippen LogP contribution in [0.2, 0.25) is 5.02 Å². The van der Waals surface area contributed by atoms with Crippen molar-refractivity contribution in [2.24, 2.45) is 0 Å². The summed E-state index contributed by atoms with van der Waals surface area (Å²) in [4.78, 5) is 15.8. The van der Waals surface area contributed by atoms with E-state index >= 15 is 0 Å². The predicted molar refractivity (Wildman–Crippen MR) is 79.5 cm³/mol. The zero-order chi connectivity index (χ0) is 15.0. The second kappa shape index (κ2) is 5.37. The number of halogens is 1. The lowest BCUT2D eigenvalue weighted by Crippen LogP contribution is -2.05. The third kappa shape index (κ3) is 2.72. The maximum Gasteiger partial charge on any atom is 0.341 e. The van der Waals surface area contributed by atoms with Crippen LogP contribution in [0.5, 0.6) is 11.6 Å². The second-order valence-corrected chi connectivity index (χ2v) is 5.55. The molecular formula is C16H14ClNO3. The first-order chi connectivity index (χ1) is 10.0. The standard InChI is InChI=1S/C16H14ClNO3/c1-9-7-11(17)5-6-14(9)21-15-12(16(19)20)8-10-3-2-4-13(10)18-15/h5-8H,2-4H2,1H3,(H,19,20). The average Bonchev–Trinajstić information content (AvgIpc) is 2.88. The van der Waals surface area contributed by atoms with Gasteiger partial charge in [-0.2, -0.15) is 0 Å². The Labute approximate surface area is 127 Å². The van der Waals surface area contributed by atoms with Crippen molar-refractivity contribution in [2.75, 3.05) is 0 Å². The van der Waals surface area contributed by atoms with Crippen LogP contribution in [0.1, 0.15) is 33.6 Å². The van der Waals surface area contributed by atoms with Crippen LogP contribution in [0.15, 0.2) is 24.3 Å². The number of hydrogen-bond acceptors (Lipinski definition) is 3. The molecule has 0 bridgehead atoms. The summed E-state index contributed by atoms with van der Waals surface area (Å²) in [5, 5.41) is 9.96. The molecule has 1 aromatic heterocycles. The van der Waals surface area contributed by atoms with Gasteiger partial charge in [-0.1, -0.05) is 11.6 Å². The number of aryl methyl sites for hydroxylation is 3. The SMILES string of the molecule is Cc1cc(Cl)ccc1Oc1nc2c(cc1C(=O)O)CCC2. The molecule has 0 spiro atoms. The van der Waals surface area contributed by atoms with Gasteiger partial charge in [-0.15, -0.1) is 0 Å². The quantitative estimate of drug-likeness (QED) is 0.930. The van der Waals surface area contributed by atoms with Gasteiger partial charge in [-0.25, -0.2) is 9.78 Å². The Balaban J connectivity index is 2.03. The first kappa shape index (κ1) is 13.9. The molecule has 5 heteroatoms. The summed E-state index contributed by atoms with van der Waals surface area (Å²) in [6.07, 6.45) is 2.75. The van der Waals surface area contributed by atoms with Crippen molar-refractivity contribution < 1.29 is 14.6 Å². The summed E-state index contributed by atoms with van der Waals surface area (Å²) in [6, 6.07) is 6.87. The number of pyridine rings is 1. The van der Waals surface area contributed by atoms with Crippen molar-refractivity contribution in [2.45, 2.75) is 26.2 Å². The molecule has 1 aliphatic carbocycles. The molecule has 0 amide bonds. The predicted octanol–water partition coefficient (Wildman–Crippen LogP) is 4.02. The van der Waals surface area contributed by atoms with Crippen LogP contribution in [0, 0.1) is 6.92 Å². The van der Waals surface area contributed by atoms with Gasteiger partial charge in [0.15, 0.2) is 0 Å². The number of benzene rings is 1. The van der Waals surface area contributed by atoms with Gasteiger partial charge < -0.3 is 9.84 Å². The van der Waals surface area contributed by atoms with Crippen molar-refractivity contribution in [1.29, 1.82) is 0 Å². The zero-order valence-electron chi connectivity index (χ0n) is 11.5. The molecule has 0 atom stereocenters. The number of rotatable bonds is 3. The maximum atomic E-state index is 11.4. The minimum atomic E-state index is -1.03. The summed E-state index contributed by atoms with van der Waals surface area (Å²) < 4.78 is 5.73. The smallest absolute Gasteiger partial charge is 0.341 e. The molecule has 2 aromatic rings. The second-order valence-electron chi connectivity index (χ2n) is 5.12. The highest BCUT2D eigenvalue weighted by molar-refractivity contribution is 6.30. The number of ether oxygens (including phenoxy) is 1. The monoisotopic (exact) mass is 303 g/mol. The first-order valence-corrected chi connectivity index (χ1v) is 7.12. The summed E-state index contributed by atoms with van der Waals surface area (Å²) in [6.45, 7) is 1.86. The molecule has 108 valence electrons. The summed E-state index contributed by atoms with van der Waals surface area (Å²) in [7, 11) is 0. The van der Waals surface area contributed by atoms with Gasteiger partial charge >= 0.3 is 5.97 Å². The van der Waals surface area contributed by atoms with E-state index in [1.165, 1.54) is 0 Å². The van der Waals surface area contributed by atoms with E-state index in [1.807, 2.05) is 6.92 Å². The normalized spacial score (nSPS) is 13.0. The van der Waals surface area contributed by atoms with Gasteiger partial charge in [-0.05, 0) is 61.6 Å². The van der Waals surface area contributed by atoms with Crippen LogP contribution < -0.4 is 4.74 Å². The molecule has 0 aliphatic heterocycles. The number of fused-ring (bicyclic) bond motifs is 1. The largest absolute Gasteiger partial charge is 0.477 e. The van der Waals surface area contributed by atoms with Crippen LogP contribution >= 0.6 is 11.6 Å². The summed E-state index contributed by atoms with van der Waals surface area (Å²) in [5.74, 6) is -0.320. The molecule has 1 aromatic carbocycles. The highest BCUT2D eigenvalue weighted by atomic mass is 35.5. The van der Waals surface area contributed by atoms with E-state index in [0.717, 1.165) is 36.1 Å². The van der Waals surface area contributed by atoms with E-state index in [1.54, 1.807) is 24.3 Å². The first-order valence-electron chi connectivity index (χ1n) is 6.74. The van der Waals surface area contributed by atoms with Gasteiger partial charge in [0.2, 0.25) is 5.88 Å². The Hall–Kier alpha value is -2.07. The highest BCUT2D eigenvalue weighted by Crippen LogP contribution is 2.31. The maximum absolute atomic E-state index is 11.4. The molecular weight excluding hydrogens is 290 g/mol. The van der Waals surface area contributed by atoms with E-state index in [-0.39, 0.29) is 11.4 Å². The topological polar surface area (TPSA) is 59.4 Å². The number of carboxylic acid groups (broad SMARTS) is 1. The molecule has 3 rings (SSSR count). The van der Waals surface area contributed by atoms with Crippen molar-refractivity contribution >= 4 is 17.6 Å². The molecule has 1 aliphatic rings. The van der Waals surface area contributed by atoms with Crippen molar-refractivity contribution in [3.63, 3.8) is 0 Å². The molecule has 0 fully saturated rings. The minimum Gasteiger partial charge on any atom is -0.477 e. The van der Waals surface area contributed by atoms with Crippen LogP contribution in [-0.2, 0) is 12.8 Å². The fourth-order valence-electron chi connectivity index (χ4n) is 2.52. The van der Waals surface area contributed by atoms with Crippen molar-refractivity contribution in [1.82, 2.24) is 4.98 Å². The number of hydrogen-bond donors (Lipinski definition) is 1. The Bertz CT molecular complexity index is 728. The van der Waals surface area contributed by atoms with Gasteiger partial charge in [0.05, 0.1) is 0 Å². The summed E-state index contributed by atoms with van der Waals surface area (Å²) in [5.41, 5.74) is 2.88. The number of carbonyl (C=O) groups is 1. The van der Waals surface area contributed by atoms with E-state index in [2.05, 4.69) is 4.98 Å². The van der Waals surface area contributed by atoms with Gasteiger partial charge in [0.1, 0.15) is 11.3 Å². The minimum absolute atomic E-state index is 0.102. The van der Waals surface area contributed by atoms with Crippen LogP contribution in [0.25, 0.3) is 0 Å². The number of carboxylic acids is 1. The molecule has 0 saturated heterocycles. The van der Waals surface area contributed by atoms with Gasteiger partial charge in [0, 0.05) is 10.7 Å². The van der Waals surface area contributed by atoms with Gasteiger partial charge in [-0.3, -0.25) is 0 Å². The van der Waals surface area contributed by atoms with Crippen LogP contribution in [-0.4, -0.2) is 16.1 Å². The van der Waals surface area contributed by atoms with E-state index in [9.17, 15) is 9.90 Å². The number of aromatic carboxylic acids is 1.